The van der Waals surface area contributed by atoms with Crippen LogP contribution in [-0.2, 0) is 15.0 Å². The fourth-order valence-electron chi connectivity index (χ4n) is 1.22. The van der Waals surface area contributed by atoms with E-state index in [0.29, 0.717) is 6.42 Å². The van der Waals surface area contributed by atoms with Gasteiger partial charge in [0.25, 0.3) is 0 Å². The van der Waals surface area contributed by atoms with Gasteiger partial charge in [-0.3, -0.25) is 4.79 Å². The van der Waals surface area contributed by atoms with Gasteiger partial charge in [-0.2, -0.15) is 8.42 Å². The summed E-state index contributed by atoms with van der Waals surface area (Å²) in [5, 5.41) is 2.36. The second-order valence-electron chi connectivity index (χ2n) is 3.23. The van der Waals surface area contributed by atoms with E-state index in [2.05, 4.69) is 5.32 Å². The van der Waals surface area contributed by atoms with E-state index < -0.39 is 15.1 Å². The molecule has 0 aliphatic heterocycles. The Morgan fingerprint density at radius 3 is 2.56 bits per heavy atom. The molecule has 0 radical (unpaired) electrons. The molecular formula is C10H12FNO3S. The summed E-state index contributed by atoms with van der Waals surface area (Å²) in [5.74, 6) is -0.335. The first-order chi connectivity index (χ1) is 7.45. The Labute approximate surface area is 93.7 Å². The maximum Gasteiger partial charge on any atom is 0.334 e. The molecular weight excluding hydrogens is 233 g/mol. The molecule has 0 bridgehead atoms. The fraction of sp³-hybridized carbons (Fsp3) is 0.300. The fourth-order valence-corrected chi connectivity index (χ4v) is 1.85. The summed E-state index contributed by atoms with van der Waals surface area (Å²) in [6.07, 6.45) is 0.900. The summed E-state index contributed by atoms with van der Waals surface area (Å²) >= 11 is 0. The van der Waals surface area contributed by atoms with Crippen LogP contribution in [0.3, 0.4) is 0 Å². The van der Waals surface area contributed by atoms with Crippen molar-refractivity contribution in [2.24, 2.45) is 0 Å². The average molecular weight is 245 g/mol. The van der Waals surface area contributed by atoms with Crippen molar-refractivity contribution < 1.29 is 17.1 Å². The first-order valence-electron chi connectivity index (χ1n) is 4.78. The van der Waals surface area contributed by atoms with Gasteiger partial charge < -0.3 is 5.32 Å². The third-order valence-electron chi connectivity index (χ3n) is 1.90. The molecule has 1 aromatic rings. The number of rotatable bonds is 4. The van der Waals surface area contributed by atoms with Gasteiger partial charge in [-0.05, 0) is 18.6 Å². The van der Waals surface area contributed by atoms with Crippen LogP contribution in [0.1, 0.15) is 19.8 Å². The van der Waals surface area contributed by atoms with E-state index in [0.717, 1.165) is 6.07 Å². The number of nitrogens with one attached hydrogen (secondary N) is 1. The van der Waals surface area contributed by atoms with E-state index in [9.17, 15) is 17.1 Å². The minimum absolute atomic E-state index is 0.0246. The molecule has 6 heteroatoms. The van der Waals surface area contributed by atoms with Crippen LogP contribution in [0.15, 0.2) is 29.2 Å². The van der Waals surface area contributed by atoms with Crippen LogP contribution in [-0.4, -0.2) is 14.3 Å². The standard InChI is InChI=1S/C10H12FNO3S/c1-2-5-10(13)12-8-6-3-4-7-9(8)16(11,14)15/h3-4,6-7H,2,5H2,1H3,(H,12,13). The molecule has 0 aliphatic carbocycles. The molecule has 0 saturated heterocycles. The number of hydrogen-bond donors (Lipinski definition) is 1. The zero-order valence-corrected chi connectivity index (χ0v) is 9.55. The minimum atomic E-state index is -4.81. The molecule has 1 amide bonds. The van der Waals surface area contributed by atoms with Crippen LogP contribution in [0, 0.1) is 0 Å². The minimum Gasteiger partial charge on any atom is -0.325 e. The lowest BCUT2D eigenvalue weighted by molar-refractivity contribution is -0.116. The molecule has 0 fully saturated rings. The molecule has 0 spiro atoms. The monoisotopic (exact) mass is 245 g/mol. The van der Waals surface area contributed by atoms with Crippen LogP contribution >= 0.6 is 0 Å². The van der Waals surface area contributed by atoms with Gasteiger partial charge in [-0.25, -0.2) is 0 Å². The zero-order valence-electron chi connectivity index (χ0n) is 8.73. The van der Waals surface area contributed by atoms with Gasteiger partial charge in [0.1, 0.15) is 4.90 Å². The number of para-hydroxylation sites is 1. The maximum atomic E-state index is 12.8. The van der Waals surface area contributed by atoms with E-state index in [1.165, 1.54) is 18.2 Å². The number of carbonyl (C=O) groups excluding carboxylic acids is 1. The maximum absolute atomic E-state index is 12.8. The van der Waals surface area contributed by atoms with E-state index in [4.69, 9.17) is 0 Å². The lowest BCUT2D eigenvalue weighted by Crippen LogP contribution is -2.12. The third-order valence-corrected chi connectivity index (χ3v) is 2.78. The van der Waals surface area contributed by atoms with Crippen molar-refractivity contribution in [2.75, 3.05) is 5.32 Å². The highest BCUT2D eigenvalue weighted by Crippen LogP contribution is 2.22. The number of hydrogen-bond acceptors (Lipinski definition) is 3. The molecule has 0 aromatic heterocycles. The van der Waals surface area contributed by atoms with Gasteiger partial charge in [0.05, 0.1) is 5.69 Å². The van der Waals surface area contributed by atoms with Crippen molar-refractivity contribution >= 4 is 21.8 Å². The van der Waals surface area contributed by atoms with Crippen molar-refractivity contribution in [1.82, 2.24) is 0 Å². The molecule has 4 nitrogen and oxygen atoms in total. The zero-order chi connectivity index (χ0) is 12.2. The Balaban J connectivity index is 3.01. The van der Waals surface area contributed by atoms with Crippen molar-refractivity contribution in [3.8, 4) is 0 Å². The number of amides is 1. The normalized spacial score (nSPS) is 11.1. The summed E-state index contributed by atoms with van der Waals surface area (Å²) in [6.45, 7) is 1.82. The Bertz CT molecular complexity index is 485. The smallest absolute Gasteiger partial charge is 0.325 e. The van der Waals surface area contributed by atoms with E-state index >= 15 is 0 Å². The molecule has 1 aromatic carbocycles. The third kappa shape index (κ3) is 3.30. The summed E-state index contributed by atoms with van der Waals surface area (Å²) in [6, 6.07) is 5.37. The van der Waals surface area contributed by atoms with Crippen LogP contribution in [0.2, 0.25) is 0 Å². The largest absolute Gasteiger partial charge is 0.334 e. The van der Waals surface area contributed by atoms with Crippen molar-refractivity contribution in [3.63, 3.8) is 0 Å². The Hall–Kier alpha value is -1.43. The first kappa shape index (κ1) is 12.6. The van der Waals surface area contributed by atoms with Crippen molar-refractivity contribution in [2.45, 2.75) is 24.7 Å². The highest BCUT2D eigenvalue weighted by atomic mass is 32.3. The van der Waals surface area contributed by atoms with Gasteiger partial charge in [-0.15, -0.1) is 3.89 Å². The first-order valence-corrected chi connectivity index (χ1v) is 6.17. The Morgan fingerprint density at radius 1 is 1.38 bits per heavy atom. The number of benzene rings is 1. The van der Waals surface area contributed by atoms with Crippen LogP contribution in [0.4, 0.5) is 9.57 Å². The van der Waals surface area contributed by atoms with Crippen LogP contribution in [0.25, 0.3) is 0 Å². The lowest BCUT2D eigenvalue weighted by atomic mass is 10.3. The molecule has 16 heavy (non-hydrogen) atoms. The predicted molar refractivity (Wildman–Crippen MR) is 58.3 cm³/mol. The molecule has 0 heterocycles. The van der Waals surface area contributed by atoms with Gasteiger partial charge in [0, 0.05) is 6.42 Å². The topological polar surface area (TPSA) is 63.2 Å². The highest BCUT2D eigenvalue weighted by Gasteiger charge is 2.17. The number of halogens is 1. The SMILES string of the molecule is CCCC(=O)Nc1ccccc1S(=O)(=O)F. The average Bonchev–Trinajstić information content (AvgIpc) is 2.17. The summed E-state index contributed by atoms with van der Waals surface area (Å²) in [4.78, 5) is 10.7. The van der Waals surface area contributed by atoms with E-state index in [-0.39, 0.29) is 18.0 Å². The number of anilines is 1. The van der Waals surface area contributed by atoms with Gasteiger partial charge in [-0.1, -0.05) is 19.1 Å². The molecule has 0 atom stereocenters. The second-order valence-corrected chi connectivity index (χ2v) is 4.55. The van der Waals surface area contributed by atoms with Crippen LogP contribution < -0.4 is 5.32 Å². The highest BCUT2D eigenvalue weighted by molar-refractivity contribution is 7.86. The van der Waals surface area contributed by atoms with Crippen molar-refractivity contribution in [1.29, 1.82) is 0 Å². The summed E-state index contributed by atoms with van der Waals surface area (Å²) in [7, 11) is -4.81. The van der Waals surface area contributed by atoms with Gasteiger partial charge >= 0.3 is 10.2 Å². The molecule has 1 N–H and O–H groups in total. The predicted octanol–water partition coefficient (Wildman–Crippen LogP) is 2.08. The Kier molecular flexibility index (Phi) is 4.00. The Morgan fingerprint density at radius 2 is 2.00 bits per heavy atom. The van der Waals surface area contributed by atoms with E-state index in [1.54, 1.807) is 0 Å². The molecule has 88 valence electrons. The lowest BCUT2D eigenvalue weighted by Gasteiger charge is -2.07. The number of carbonyl (C=O) groups is 1. The summed E-state index contributed by atoms with van der Waals surface area (Å²) < 4.78 is 34.4. The molecule has 1 rings (SSSR count). The molecule has 0 saturated carbocycles. The second kappa shape index (κ2) is 5.07. The van der Waals surface area contributed by atoms with Crippen LogP contribution in [0.5, 0.6) is 0 Å². The quantitative estimate of drug-likeness (QED) is 0.826. The van der Waals surface area contributed by atoms with Crippen molar-refractivity contribution in [3.05, 3.63) is 24.3 Å². The molecule has 0 unspecified atom stereocenters. The summed E-state index contributed by atoms with van der Waals surface area (Å²) in [5.41, 5.74) is -0.0246. The van der Waals surface area contributed by atoms with E-state index in [1.807, 2.05) is 6.92 Å². The van der Waals surface area contributed by atoms with Gasteiger partial charge in [0.15, 0.2) is 0 Å². The van der Waals surface area contributed by atoms with Gasteiger partial charge in [0.2, 0.25) is 5.91 Å². The molecule has 0 aliphatic rings.